The molecule has 3 rings (SSSR count). The molecule has 2 aromatic rings. The van der Waals surface area contributed by atoms with Gasteiger partial charge in [0.2, 0.25) is 0 Å². The molecule has 1 aliphatic carbocycles. The molecule has 1 N–H and O–H groups in total. The zero-order chi connectivity index (χ0) is 18.4. The van der Waals surface area contributed by atoms with E-state index in [1.54, 1.807) is 7.11 Å². The van der Waals surface area contributed by atoms with Gasteiger partial charge in [-0.25, -0.2) is 0 Å². The predicted octanol–water partition coefficient (Wildman–Crippen LogP) is 5.71. The monoisotopic (exact) mass is 351 g/mol. The van der Waals surface area contributed by atoms with Gasteiger partial charge in [-0.3, -0.25) is 0 Å². The quantitative estimate of drug-likeness (QED) is 0.658. The molecule has 0 saturated carbocycles. The largest absolute Gasteiger partial charge is 0.497 e. The number of methoxy groups -OCH3 is 1. The van der Waals surface area contributed by atoms with Crippen LogP contribution in [0.4, 0.5) is 0 Å². The molecule has 2 nitrogen and oxygen atoms in total. The molecule has 26 heavy (non-hydrogen) atoms. The van der Waals surface area contributed by atoms with Gasteiger partial charge in [-0.2, -0.15) is 0 Å². The first-order valence-corrected chi connectivity index (χ1v) is 10.2. The summed E-state index contributed by atoms with van der Waals surface area (Å²) in [5.74, 6) is 2.26. The second kappa shape index (κ2) is 9.23. The van der Waals surface area contributed by atoms with Gasteiger partial charge >= 0.3 is 0 Å². The van der Waals surface area contributed by atoms with Crippen LogP contribution < -0.4 is 10.1 Å². The molecule has 1 aliphatic rings. The summed E-state index contributed by atoms with van der Waals surface area (Å²) in [5.41, 5.74) is 4.40. The Kier molecular flexibility index (Phi) is 6.73. The van der Waals surface area contributed by atoms with Crippen LogP contribution in [0.5, 0.6) is 5.75 Å². The Morgan fingerprint density at radius 3 is 2.58 bits per heavy atom. The molecule has 0 radical (unpaired) electrons. The molecule has 0 bridgehead atoms. The van der Waals surface area contributed by atoms with Crippen molar-refractivity contribution in [2.24, 2.45) is 5.92 Å². The summed E-state index contributed by atoms with van der Waals surface area (Å²) >= 11 is 0. The van der Waals surface area contributed by atoms with Crippen molar-refractivity contribution >= 4 is 0 Å². The molecule has 0 amide bonds. The SMILES string of the molecule is CCCCC1c2cc(OC)ccc2CC(CC)C1NCc1ccccc1. The molecule has 0 spiro atoms. The van der Waals surface area contributed by atoms with Crippen molar-refractivity contribution in [3.8, 4) is 5.75 Å². The minimum absolute atomic E-state index is 0.534. The maximum Gasteiger partial charge on any atom is 0.119 e. The fraction of sp³-hybridized carbons (Fsp3) is 0.500. The topological polar surface area (TPSA) is 21.3 Å². The summed E-state index contributed by atoms with van der Waals surface area (Å²) in [5, 5.41) is 3.94. The second-order valence-electron chi connectivity index (χ2n) is 7.58. The van der Waals surface area contributed by atoms with E-state index in [1.165, 1.54) is 48.8 Å². The average molecular weight is 352 g/mol. The number of hydrogen-bond acceptors (Lipinski definition) is 2. The number of nitrogens with one attached hydrogen (secondary N) is 1. The zero-order valence-electron chi connectivity index (χ0n) is 16.5. The maximum atomic E-state index is 5.53. The second-order valence-corrected chi connectivity index (χ2v) is 7.58. The lowest BCUT2D eigenvalue weighted by molar-refractivity contribution is 0.262. The Balaban J connectivity index is 1.87. The number of hydrogen-bond donors (Lipinski definition) is 1. The van der Waals surface area contributed by atoms with Gasteiger partial charge in [0.1, 0.15) is 5.75 Å². The number of ether oxygens (including phenoxy) is 1. The van der Waals surface area contributed by atoms with Gasteiger partial charge in [-0.05, 0) is 53.5 Å². The highest BCUT2D eigenvalue weighted by Gasteiger charge is 2.35. The molecule has 0 heterocycles. The maximum absolute atomic E-state index is 5.53. The van der Waals surface area contributed by atoms with Crippen LogP contribution in [0.3, 0.4) is 0 Å². The first kappa shape index (κ1) is 19.0. The van der Waals surface area contributed by atoms with Crippen LogP contribution in [0.15, 0.2) is 48.5 Å². The molecular weight excluding hydrogens is 318 g/mol. The highest BCUT2D eigenvalue weighted by Crippen LogP contribution is 2.41. The van der Waals surface area contributed by atoms with E-state index >= 15 is 0 Å². The van der Waals surface area contributed by atoms with Gasteiger partial charge in [0.15, 0.2) is 0 Å². The summed E-state index contributed by atoms with van der Waals surface area (Å²) < 4.78 is 5.53. The first-order chi connectivity index (χ1) is 12.8. The Morgan fingerprint density at radius 2 is 1.88 bits per heavy atom. The predicted molar refractivity (Wildman–Crippen MR) is 110 cm³/mol. The van der Waals surface area contributed by atoms with Gasteiger partial charge < -0.3 is 10.1 Å². The summed E-state index contributed by atoms with van der Waals surface area (Å²) in [7, 11) is 1.77. The summed E-state index contributed by atoms with van der Waals surface area (Å²) in [6, 6.07) is 18.0. The molecule has 0 fully saturated rings. The molecule has 0 saturated heterocycles. The molecular formula is C24H33NO. The summed E-state index contributed by atoms with van der Waals surface area (Å²) in [4.78, 5) is 0. The Morgan fingerprint density at radius 1 is 1.08 bits per heavy atom. The van der Waals surface area contributed by atoms with Crippen molar-refractivity contribution in [2.75, 3.05) is 7.11 Å². The van der Waals surface area contributed by atoms with E-state index in [0.29, 0.717) is 17.9 Å². The van der Waals surface area contributed by atoms with Gasteiger partial charge in [0.25, 0.3) is 0 Å². The number of rotatable bonds is 8. The molecule has 0 aliphatic heterocycles. The fourth-order valence-electron chi connectivity index (χ4n) is 4.46. The first-order valence-electron chi connectivity index (χ1n) is 10.2. The van der Waals surface area contributed by atoms with Crippen LogP contribution in [0, 0.1) is 5.92 Å². The van der Waals surface area contributed by atoms with Gasteiger partial charge in [-0.1, -0.05) is 69.5 Å². The summed E-state index contributed by atoms with van der Waals surface area (Å²) in [6.07, 6.45) is 6.17. The van der Waals surface area contributed by atoms with E-state index in [1.807, 2.05) is 0 Å². The van der Waals surface area contributed by atoms with E-state index in [2.05, 4.69) is 67.7 Å². The molecule has 0 aromatic heterocycles. The van der Waals surface area contributed by atoms with Crippen molar-refractivity contribution in [1.29, 1.82) is 0 Å². The van der Waals surface area contributed by atoms with Crippen LogP contribution in [0.1, 0.15) is 62.1 Å². The van der Waals surface area contributed by atoms with Crippen LogP contribution in [-0.4, -0.2) is 13.2 Å². The minimum atomic E-state index is 0.534. The molecule has 3 atom stereocenters. The lowest BCUT2D eigenvalue weighted by Crippen LogP contribution is -2.44. The van der Waals surface area contributed by atoms with Crippen LogP contribution in [-0.2, 0) is 13.0 Å². The normalized spacial score (nSPS) is 22.0. The van der Waals surface area contributed by atoms with Crippen molar-refractivity contribution in [3.63, 3.8) is 0 Å². The van der Waals surface area contributed by atoms with Gasteiger partial charge in [0, 0.05) is 12.6 Å². The van der Waals surface area contributed by atoms with Crippen LogP contribution in [0.25, 0.3) is 0 Å². The third kappa shape index (κ3) is 4.29. The molecule has 2 heteroatoms. The number of benzene rings is 2. The Bertz CT molecular complexity index is 682. The highest BCUT2D eigenvalue weighted by molar-refractivity contribution is 5.41. The minimum Gasteiger partial charge on any atom is -0.497 e. The van der Waals surface area contributed by atoms with E-state index in [0.717, 1.165) is 12.3 Å². The zero-order valence-corrected chi connectivity index (χ0v) is 16.5. The Hall–Kier alpha value is -1.80. The third-order valence-corrected chi connectivity index (χ3v) is 5.95. The summed E-state index contributed by atoms with van der Waals surface area (Å²) in [6.45, 7) is 5.58. The van der Waals surface area contributed by atoms with Crippen molar-refractivity contribution in [1.82, 2.24) is 5.32 Å². The lowest BCUT2D eigenvalue weighted by Gasteiger charge is -2.40. The molecule has 3 unspecified atom stereocenters. The van der Waals surface area contributed by atoms with E-state index in [4.69, 9.17) is 4.74 Å². The van der Waals surface area contributed by atoms with E-state index in [-0.39, 0.29) is 0 Å². The lowest BCUT2D eigenvalue weighted by atomic mass is 9.70. The van der Waals surface area contributed by atoms with Crippen LogP contribution >= 0.6 is 0 Å². The van der Waals surface area contributed by atoms with Gasteiger partial charge in [0.05, 0.1) is 7.11 Å². The molecule has 140 valence electrons. The van der Waals surface area contributed by atoms with Crippen molar-refractivity contribution in [3.05, 3.63) is 65.2 Å². The molecule has 2 aromatic carbocycles. The Labute approximate surface area is 159 Å². The smallest absolute Gasteiger partial charge is 0.119 e. The third-order valence-electron chi connectivity index (χ3n) is 5.95. The van der Waals surface area contributed by atoms with Crippen molar-refractivity contribution < 1.29 is 4.74 Å². The highest BCUT2D eigenvalue weighted by atomic mass is 16.5. The number of fused-ring (bicyclic) bond motifs is 1. The standard InChI is InChI=1S/C24H33NO/c1-4-6-12-22-23-16-21(26-3)14-13-20(23)15-19(5-2)24(22)25-17-18-10-8-7-9-11-18/h7-11,13-14,16,19,22,24-25H,4-6,12,15,17H2,1-3H3. The van der Waals surface area contributed by atoms with E-state index in [9.17, 15) is 0 Å². The van der Waals surface area contributed by atoms with E-state index < -0.39 is 0 Å². The van der Waals surface area contributed by atoms with Crippen LogP contribution in [0.2, 0.25) is 0 Å². The fourth-order valence-corrected chi connectivity index (χ4v) is 4.46. The van der Waals surface area contributed by atoms with Crippen molar-refractivity contribution in [2.45, 2.75) is 64.5 Å². The number of unbranched alkanes of at least 4 members (excludes halogenated alkanes) is 1. The van der Waals surface area contributed by atoms with Gasteiger partial charge in [-0.15, -0.1) is 0 Å². The average Bonchev–Trinajstić information content (AvgIpc) is 2.70.